The molecule has 16 heteroatoms. The molecule has 0 saturated heterocycles. The third-order valence-electron chi connectivity index (χ3n) is 5.64. The van der Waals surface area contributed by atoms with Crippen molar-refractivity contribution in [3.8, 4) is 0 Å². The van der Waals surface area contributed by atoms with E-state index in [1.165, 1.54) is 0 Å². The highest BCUT2D eigenvalue weighted by Gasteiger charge is 2.69. The Hall–Kier alpha value is -1.26. The molecule has 0 bridgehead atoms. The third kappa shape index (κ3) is 7.68. The number of thioether (sulfide) groups is 2. The fourth-order valence-corrected chi connectivity index (χ4v) is 5.32. The van der Waals surface area contributed by atoms with Crippen LogP contribution in [-0.4, -0.2) is 47.6 Å². The number of hydrogen-bond acceptors (Lipinski definition) is 4. The van der Waals surface area contributed by atoms with Crippen LogP contribution < -0.4 is 9.80 Å². The van der Waals surface area contributed by atoms with Gasteiger partial charge in [-0.05, 0) is 36.4 Å². The molecule has 216 valence electrons. The lowest BCUT2D eigenvalue weighted by molar-refractivity contribution is -0.267. The van der Waals surface area contributed by atoms with Crippen molar-refractivity contribution >= 4 is 33.9 Å². The second-order valence-corrected chi connectivity index (χ2v) is 10.2. The van der Waals surface area contributed by atoms with E-state index in [-0.39, 0.29) is 36.3 Å². The monoisotopic (exact) mass is 602 g/mol. The van der Waals surface area contributed by atoms with Gasteiger partial charge in [0.05, 0.1) is 10.8 Å². The van der Waals surface area contributed by atoms with E-state index >= 15 is 0 Å². The van der Waals surface area contributed by atoms with Crippen molar-refractivity contribution in [2.24, 2.45) is 10.2 Å². The van der Waals surface area contributed by atoms with Gasteiger partial charge in [-0.15, -0.1) is 0 Å². The number of hydrogen-bond donors (Lipinski definition) is 0. The number of unbranched alkanes of at least 4 members (excludes halogenated alkanes) is 6. The van der Waals surface area contributed by atoms with E-state index < -0.39 is 35.6 Å². The van der Waals surface area contributed by atoms with Gasteiger partial charge in [0.15, 0.2) is 0 Å². The van der Waals surface area contributed by atoms with E-state index in [0.717, 1.165) is 25.7 Å². The molecule has 0 aromatic rings. The number of halogens is 10. The van der Waals surface area contributed by atoms with Crippen molar-refractivity contribution in [3.05, 3.63) is 22.2 Å². The molecule has 2 aliphatic heterocycles. The molecule has 38 heavy (non-hydrogen) atoms. The Morgan fingerprint density at radius 1 is 0.579 bits per heavy atom. The van der Waals surface area contributed by atoms with E-state index in [1.807, 2.05) is 13.8 Å². The van der Waals surface area contributed by atoms with Crippen LogP contribution in [0.4, 0.5) is 43.9 Å². The Bertz CT molecular complexity index is 852. The molecular formula is C22H28F10N4S2+2. The summed E-state index contributed by atoms with van der Waals surface area (Å²) in [6, 6.07) is 0. The van der Waals surface area contributed by atoms with Gasteiger partial charge in [0.2, 0.25) is 0 Å². The molecule has 0 amide bonds. The van der Waals surface area contributed by atoms with Crippen LogP contribution in [0.1, 0.15) is 65.2 Å². The minimum absolute atomic E-state index is 0.238. The highest BCUT2D eigenvalue weighted by atomic mass is 32.2. The summed E-state index contributed by atoms with van der Waals surface area (Å²) >= 11 is 0.878. The smallest absolute Gasteiger partial charge is 0.184 e. The molecule has 0 aromatic carbocycles. The molecule has 0 unspecified atom stereocenters. The van der Waals surface area contributed by atoms with E-state index in [0.29, 0.717) is 57.0 Å². The highest BCUT2D eigenvalue weighted by Crippen LogP contribution is 2.47. The van der Waals surface area contributed by atoms with Gasteiger partial charge in [-0.3, -0.25) is 0 Å². The lowest BCUT2D eigenvalue weighted by Gasteiger charge is -2.20. The average Bonchev–Trinajstić information content (AvgIpc) is 3.41. The van der Waals surface area contributed by atoms with Crippen LogP contribution >= 0.6 is 23.5 Å². The van der Waals surface area contributed by atoms with Gasteiger partial charge >= 0.3 is 34.5 Å². The summed E-state index contributed by atoms with van der Waals surface area (Å²) in [5.41, 5.74) is -2.69. The van der Waals surface area contributed by atoms with Gasteiger partial charge in [-0.2, -0.15) is 43.9 Å². The summed E-state index contributed by atoms with van der Waals surface area (Å²) < 4.78 is 135. The standard InChI is InChI=1S/C22H28F10N4S2/c1-3-5-7-9-11-35-15(19(23,24)21(27,28)29)13-37-17(35)33-34-18-36(12-10-8-6-4-2)16(14-38-18)20(25,26)22(30,31)32/h13-14H,3-12H2,1-2H3/q+2/b33-17+,34-18+. The summed E-state index contributed by atoms with van der Waals surface area (Å²) in [7, 11) is 0. The molecule has 2 rings (SSSR count). The quantitative estimate of drug-likeness (QED) is 0.0916. The zero-order valence-corrected chi connectivity index (χ0v) is 22.2. The predicted octanol–water partition coefficient (Wildman–Crippen LogP) is 8.63. The van der Waals surface area contributed by atoms with E-state index in [2.05, 4.69) is 10.2 Å². The van der Waals surface area contributed by atoms with Gasteiger partial charge in [0.1, 0.15) is 13.1 Å². The summed E-state index contributed by atoms with van der Waals surface area (Å²) in [5, 5.41) is 7.91. The van der Waals surface area contributed by atoms with Crippen molar-refractivity contribution in [2.75, 3.05) is 13.1 Å². The molecule has 2 heterocycles. The number of allylic oxidation sites excluding steroid dienone is 2. The first kappa shape index (κ1) is 32.9. The van der Waals surface area contributed by atoms with Crippen LogP contribution in [0.3, 0.4) is 0 Å². The molecule has 0 aromatic heterocycles. The van der Waals surface area contributed by atoms with Gasteiger partial charge in [0.25, 0.3) is 11.4 Å². The second-order valence-electron chi connectivity index (χ2n) is 8.58. The first-order chi connectivity index (χ1) is 17.6. The molecule has 2 aliphatic rings. The normalized spacial score (nSPS) is 20.6. The SMILES string of the molecule is CCCCCC[N+]1C(C(F)(F)C(F)(F)F)=CS/C1=N/N=C1/SC=C(C(F)(F)C(F)(F)F)[N+]1CCCCCC. The molecule has 0 fully saturated rings. The number of alkyl halides is 10. The lowest BCUT2D eigenvalue weighted by Crippen LogP contribution is -2.47. The first-order valence-electron chi connectivity index (χ1n) is 11.9. The van der Waals surface area contributed by atoms with Crippen molar-refractivity contribution in [2.45, 2.75) is 89.4 Å². The molecule has 0 spiro atoms. The Balaban J connectivity index is 2.36. The first-order valence-corrected chi connectivity index (χ1v) is 13.7. The number of rotatable bonds is 13. The molecule has 4 nitrogen and oxygen atoms in total. The van der Waals surface area contributed by atoms with E-state index in [1.54, 1.807) is 0 Å². The molecule has 0 aliphatic carbocycles. The van der Waals surface area contributed by atoms with Crippen LogP contribution in [0.2, 0.25) is 0 Å². The zero-order chi connectivity index (χ0) is 28.8. The van der Waals surface area contributed by atoms with Gasteiger partial charge in [0, 0.05) is 12.8 Å². The third-order valence-corrected chi connectivity index (χ3v) is 7.35. The summed E-state index contributed by atoms with van der Waals surface area (Å²) in [4.78, 5) is 1.34. The molecular weight excluding hydrogens is 574 g/mol. The van der Waals surface area contributed by atoms with Crippen molar-refractivity contribution < 1.29 is 43.9 Å². The average molecular weight is 603 g/mol. The Morgan fingerprint density at radius 3 is 1.21 bits per heavy atom. The van der Waals surface area contributed by atoms with Crippen LogP contribution in [-0.2, 0) is 0 Å². The Kier molecular flexibility index (Phi) is 11.6. The molecule has 0 saturated carbocycles. The summed E-state index contributed by atoms with van der Waals surface area (Å²) in [5.74, 6) is -10.4. The predicted molar refractivity (Wildman–Crippen MR) is 131 cm³/mol. The second kappa shape index (κ2) is 13.4. The topological polar surface area (TPSA) is 36.5 Å². The van der Waals surface area contributed by atoms with Crippen molar-refractivity contribution in [1.82, 2.24) is 9.80 Å². The van der Waals surface area contributed by atoms with Crippen molar-refractivity contribution in [3.63, 3.8) is 0 Å². The fraction of sp³-hybridized carbons (Fsp3) is 0.727. The fourth-order valence-electron chi connectivity index (χ4n) is 3.52. The van der Waals surface area contributed by atoms with Gasteiger partial charge < -0.3 is 0 Å². The maximum atomic E-state index is 14.2. The van der Waals surface area contributed by atoms with Crippen LogP contribution in [0.25, 0.3) is 0 Å². The van der Waals surface area contributed by atoms with Gasteiger partial charge in [-0.25, -0.2) is 0 Å². The van der Waals surface area contributed by atoms with Gasteiger partial charge in [-0.1, -0.05) is 59.5 Å². The highest BCUT2D eigenvalue weighted by molar-refractivity contribution is 8.17. The Labute approximate surface area is 222 Å². The number of amidine groups is 2. The van der Waals surface area contributed by atoms with Crippen LogP contribution in [0.15, 0.2) is 32.4 Å². The zero-order valence-electron chi connectivity index (χ0n) is 20.6. The maximum absolute atomic E-state index is 14.2. The number of nitrogens with zero attached hydrogens (tertiary/aromatic N) is 4. The summed E-state index contributed by atoms with van der Waals surface area (Å²) in [6.07, 6.45) is -7.12. The maximum Gasteiger partial charge on any atom is 0.464 e. The van der Waals surface area contributed by atoms with E-state index in [9.17, 15) is 43.9 Å². The molecule has 0 N–H and O–H groups in total. The Morgan fingerprint density at radius 2 is 0.921 bits per heavy atom. The van der Waals surface area contributed by atoms with Crippen LogP contribution in [0, 0.1) is 0 Å². The minimum Gasteiger partial charge on any atom is -0.184 e. The summed E-state index contributed by atoms with van der Waals surface area (Å²) in [6.45, 7) is 3.29. The van der Waals surface area contributed by atoms with Crippen molar-refractivity contribution in [1.29, 1.82) is 0 Å². The lowest BCUT2D eigenvalue weighted by atomic mass is 10.1. The largest absolute Gasteiger partial charge is 0.464 e. The molecule has 2 radical (unpaired) electrons. The minimum atomic E-state index is -5.87. The van der Waals surface area contributed by atoms with Crippen LogP contribution in [0.5, 0.6) is 0 Å². The molecule has 0 atom stereocenters. The van der Waals surface area contributed by atoms with E-state index in [4.69, 9.17) is 0 Å².